The molecule has 5 nitrogen and oxygen atoms in total. The Bertz CT molecular complexity index is 449. The molecular formula is C12H16FN3O2. The van der Waals surface area contributed by atoms with Gasteiger partial charge in [-0.1, -0.05) is 0 Å². The van der Waals surface area contributed by atoms with Crippen molar-refractivity contribution >= 4 is 11.8 Å². The summed E-state index contributed by atoms with van der Waals surface area (Å²) in [7, 11) is 2.04. The van der Waals surface area contributed by atoms with E-state index in [1.807, 2.05) is 7.05 Å². The number of aromatic carboxylic acids is 1. The second-order valence-corrected chi connectivity index (χ2v) is 4.49. The topological polar surface area (TPSA) is 65.5 Å². The number of nitrogens with one attached hydrogen (secondary N) is 1. The predicted octanol–water partition coefficient (Wildman–Crippen LogP) is 1.42. The molecule has 0 bridgehead atoms. The minimum absolute atomic E-state index is 0.135. The average molecular weight is 253 g/mol. The lowest BCUT2D eigenvalue weighted by molar-refractivity contribution is 0.0697. The fraction of sp³-hybridized carbons (Fsp3) is 0.500. The van der Waals surface area contributed by atoms with E-state index in [1.165, 1.54) is 12.8 Å². The number of likely N-dealkylation sites (N-methyl/N-ethyl adjacent to an activating group) is 1. The van der Waals surface area contributed by atoms with Gasteiger partial charge in [0.05, 0.1) is 6.20 Å². The lowest BCUT2D eigenvalue weighted by Crippen LogP contribution is -2.27. The van der Waals surface area contributed by atoms with Gasteiger partial charge in [-0.3, -0.25) is 0 Å². The third-order valence-electron chi connectivity index (χ3n) is 3.01. The zero-order valence-corrected chi connectivity index (χ0v) is 10.2. The zero-order chi connectivity index (χ0) is 13.1. The van der Waals surface area contributed by atoms with E-state index in [9.17, 15) is 9.18 Å². The van der Waals surface area contributed by atoms with Gasteiger partial charge in [0, 0.05) is 19.1 Å². The molecule has 1 aliphatic rings. The molecule has 0 amide bonds. The minimum atomic E-state index is -1.18. The standard InChI is InChI=1S/C12H16FN3O2/c1-16(9-2-3-9)5-4-14-11-10(12(17)18)6-8(13)7-15-11/h6-7,9H,2-5H2,1H3,(H,14,15)(H,17,18). The number of nitrogens with zero attached hydrogens (tertiary/aromatic N) is 2. The maximum Gasteiger partial charge on any atom is 0.339 e. The molecule has 0 aliphatic heterocycles. The summed E-state index contributed by atoms with van der Waals surface area (Å²) in [6.45, 7) is 1.40. The molecule has 0 saturated heterocycles. The van der Waals surface area contributed by atoms with Gasteiger partial charge in [-0.2, -0.15) is 0 Å². The van der Waals surface area contributed by atoms with E-state index in [-0.39, 0.29) is 11.4 Å². The van der Waals surface area contributed by atoms with Crippen LogP contribution in [0.1, 0.15) is 23.2 Å². The monoisotopic (exact) mass is 253 g/mol. The van der Waals surface area contributed by atoms with Crippen molar-refractivity contribution in [1.82, 2.24) is 9.88 Å². The number of hydrogen-bond donors (Lipinski definition) is 2. The Kier molecular flexibility index (Phi) is 3.76. The van der Waals surface area contributed by atoms with Crippen LogP contribution in [0.15, 0.2) is 12.3 Å². The molecule has 0 aromatic carbocycles. The van der Waals surface area contributed by atoms with Crippen LogP contribution >= 0.6 is 0 Å². The first kappa shape index (κ1) is 12.8. The predicted molar refractivity (Wildman–Crippen MR) is 65.3 cm³/mol. The molecule has 2 rings (SSSR count). The molecular weight excluding hydrogens is 237 g/mol. The molecule has 18 heavy (non-hydrogen) atoms. The Morgan fingerprint density at radius 3 is 3.00 bits per heavy atom. The maximum atomic E-state index is 12.9. The van der Waals surface area contributed by atoms with Crippen LogP contribution in [-0.2, 0) is 0 Å². The molecule has 1 saturated carbocycles. The number of anilines is 1. The van der Waals surface area contributed by atoms with Crippen LogP contribution in [0, 0.1) is 5.82 Å². The highest BCUT2D eigenvalue weighted by Crippen LogP contribution is 2.24. The summed E-state index contributed by atoms with van der Waals surface area (Å²) >= 11 is 0. The van der Waals surface area contributed by atoms with Gasteiger partial charge in [-0.15, -0.1) is 0 Å². The van der Waals surface area contributed by atoms with Crippen LogP contribution < -0.4 is 5.32 Å². The molecule has 2 N–H and O–H groups in total. The van der Waals surface area contributed by atoms with Crippen LogP contribution in [0.3, 0.4) is 0 Å². The summed E-state index contributed by atoms with van der Waals surface area (Å²) in [5.41, 5.74) is -0.135. The van der Waals surface area contributed by atoms with Crippen molar-refractivity contribution in [2.24, 2.45) is 0 Å². The SMILES string of the molecule is CN(CCNc1ncc(F)cc1C(=O)O)C1CC1. The Morgan fingerprint density at radius 1 is 1.67 bits per heavy atom. The number of carboxylic acid groups (broad SMARTS) is 1. The molecule has 1 aromatic rings. The van der Waals surface area contributed by atoms with Gasteiger partial charge in [0.2, 0.25) is 0 Å². The number of rotatable bonds is 6. The molecule has 6 heteroatoms. The molecule has 98 valence electrons. The van der Waals surface area contributed by atoms with Gasteiger partial charge in [-0.05, 0) is 26.0 Å². The second-order valence-electron chi connectivity index (χ2n) is 4.49. The van der Waals surface area contributed by atoms with Crippen molar-refractivity contribution in [2.75, 3.05) is 25.5 Å². The largest absolute Gasteiger partial charge is 0.478 e. The Balaban J connectivity index is 1.93. The first-order valence-corrected chi connectivity index (χ1v) is 5.91. The molecule has 0 atom stereocenters. The lowest BCUT2D eigenvalue weighted by Gasteiger charge is -2.16. The highest BCUT2D eigenvalue weighted by atomic mass is 19.1. The normalized spacial score (nSPS) is 14.8. The van der Waals surface area contributed by atoms with Gasteiger partial charge in [0.25, 0.3) is 0 Å². The van der Waals surface area contributed by atoms with E-state index >= 15 is 0 Å². The molecule has 1 aliphatic carbocycles. The smallest absolute Gasteiger partial charge is 0.339 e. The molecule has 1 heterocycles. The van der Waals surface area contributed by atoms with Crippen molar-refractivity contribution in [3.8, 4) is 0 Å². The Morgan fingerprint density at radius 2 is 2.39 bits per heavy atom. The summed E-state index contributed by atoms with van der Waals surface area (Å²) in [5.74, 6) is -1.61. The first-order chi connectivity index (χ1) is 8.58. The van der Waals surface area contributed by atoms with E-state index in [0.29, 0.717) is 12.6 Å². The molecule has 0 spiro atoms. The van der Waals surface area contributed by atoms with Crippen molar-refractivity contribution < 1.29 is 14.3 Å². The van der Waals surface area contributed by atoms with Crippen LogP contribution in [0.25, 0.3) is 0 Å². The minimum Gasteiger partial charge on any atom is -0.478 e. The average Bonchev–Trinajstić information content (AvgIpc) is 3.14. The third kappa shape index (κ3) is 3.16. The van der Waals surface area contributed by atoms with E-state index in [4.69, 9.17) is 5.11 Å². The molecule has 0 unspecified atom stereocenters. The second kappa shape index (κ2) is 5.30. The number of halogens is 1. The van der Waals surface area contributed by atoms with Crippen molar-refractivity contribution in [2.45, 2.75) is 18.9 Å². The number of aromatic nitrogens is 1. The van der Waals surface area contributed by atoms with Crippen molar-refractivity contribution in [1.29, 1.82) is 0 Å². The number of carbonyl (C=O) groups is 1. The molecule has 1 fully saturated rings. The van der Waals surface area contributed by atoms with Gasteiger partial charge in [0.15, 0.2) is 0 Å². The van der Waals surface area contributed by atoms with Crippen LogP contribution in [0.4, 0.5) is 10.2 Å². The van der Waals surface area contributed by atoms with E-state index in [0.717, 1.165) is 18.8 Å². The van der Waals surface area contributed by atoms with Gasteiger partial charge < -0.3 is 15.3 Å². The Labute approximate surface area is 105 Å². The van der Waals surface area contributed by atoms with Gasteiger partial charge in [0.1, 0.15) is 17.2 Å². The number of pyridine rings is 1. The Hall–Kier alpha value is -1.69. The van der Waals surface area contributed by atoms with Crippen molar-refractivity contribution in [3.05, 3.63) is 23.6 Å². The highest BCUT2D eigenvalue weighted by molar-refractivity contribution is 5.93. The summed E-state index contributed by atoms with van der Waals surface area (Å²) in [4.78, 5) is 16.9. The van der Waals surface area contributed by atoms with Crippen molar-refractivity contribution in [3.63, 3.8) is 0 Å². The lowest BCUT2D eigenvalue weighted by atomic mass is 10.2. The van der Waals surface area contributed by atoms with E-state index in [2.05, 4.69) is 15.2 Å². The summed E-state index contributed by atoms with van der Waals surface area (Å²) < 4.78 is 12.9. The van der Waals surface area contributed by atoms with E-state index < -0.39 is 11.8 Å². The molecule has 0 radical (unpaired) electrons. The summed E-state index contributed by atoms with van der Waals surface area (Å²) in [6.07, 6.45) is 3.47. The third-order valence-corrected chi connectivity index (χ3v) is 3.01. The fourth-order valence-corrected chi connectivity index (χ4v) is 1.79. The number of carboxylic acids is 1. The van der Waals surface area contributed by atoms with E-state index in [1.54, 1.807) is 0 Å². The highest BCUT2D eigenvalue weighted by Gasteiger charge is 2.25. The fourth-order valence-electron chi connectivity index (χ4n) is 1.79. The first-order valence-electron chi connectivity index (χ1n) is 5.91. The quantitative estimate of drug-likeness (QED) is 0.802. The molecule has 1 aromatic heterocycles. The van der Waals surface area contributed by atoms with Crippen LogP contribution in [0.5, 0.6) is 0 Å². The van der Waals surface area contributed by atoms with Crippen LogP contribution in [-0.4, -0.2) is 47.1 Å². The van der Waals surface area contributed by atoms with Gasteiger partial charge >= 0.3 is 5.97 Å². The van der Waals surface area contributed by atoms with Gasteiger partial charge in [-0.25, -0.2) is 14.2 Å². The number of hydrogen-bond acceptors (Lipinski definition) is 4. The summed E-state index contributed by atoms with van der Waals surface area (Å²) in [5, 5.41) is 11.9. The maximum absolute atomic E-state index is 12.9. The zero-order valence-electron chi connectivity index (χ0n) is 10.2. The summed E-state index contributed by atoms with van der Waals surface area (Å²) in [6, 6.07) is 1.63. The van der Waals surface area contributed by atoms with Crippen LogP contribution in [0.2, 0.25) is 0 Å².